The van der Waals surface area contributed by atoms with Gasteiger partial charge in [0.2, 0.25) is 0 Å². The van der Waals surface area contributed by atoms with Crippen molar-refractivity contribution in [3.8, 4) is 5.75 Å². The van der Waals surface area contributed by atoms with Gasteiger partial charge in [0.15, 0.2) is 0 Å². The molecule has 1 rings (SSSR count). The Hall–Kier alpha value is -1.23. The number of nitrogens with two attached hydrogens (primary N) is 1. The summed E-state index contributed by atoms with van der Waals surface area (Å²) in [5.74, 6) is -0.405. The van der Waals surface area contributed by atoms with Crippen LogP contribution in [-0.4, -0.2) is 13.5 Å². The highest BCUT2D eigenvalue weighted by molar-refractivity contribution is 5.42. The molecule has 0 aliphatic rings. The molecule has 0 amide bonds. The van der Waals surface area contributed by atoms with Crippen LogP contribution in [0, 0.1) is 12.7 Å². The van der Waals surface area contributed by atoms with E-state index in [0.717, 1.165) is 13.0 Å². The number of aryl methyl sites for hydroxylation is 1. The normalized spacial score (nSPS) is 15.0. The fourth-order valence-electron chi connectivity index (χ4n) is 1.36. The maximum absolute atomic E-state index is 13.3. The standard InChI is InChI=1S/C11H14F3NO/c1-6-4-9(16-3)7(5-8(6)12)11(2,15)10(13)14/h4-5,10H,15H2,1-3H3. The number of hydrogen-bond donors (Lipinski definition) is 1. The van der Waals surface area contributed by atoms with Crippen LogP contribution in [-0.2, 0) is 5.54 Å². The average Bonchev–Trinajstić information content (AvgIpc) is 2.20. The molecule has 2 nitrogen and oxygen atoms in total. The van der Waals surface area contributed by atoms with Crippen molar-refractivity contribution in [2.45, 2.75) is 25.8 Å². The summed E-state index contributed by atoms with van der Waals surface area (Å²) in [6.45, 7) is 2.67. The van der Waals surface area contributed by atoms with Gasteiger partial charge in [-0.05, 0) is 31.5 Å². The Kier molecular flexibility index (Phi) is 3.48. The van der Waals surface area contributed by atoms with Crippen molar-refractivity contribution in [1.29, 1.82) is 0 Å². The lowest BCUT2D eigenvalue weighted by atomic mass is 9.91. The van der Waals surface area contributed by atoms with E-state index in [1.54, 1.807) is 0 Å². The fourth-order valence-corrected chi connectivity index (χ4v) is 1.36. The summed E-state index contributed by atoms with van der Waals surface area (Å²) in [6, 6.07) is 2.36. The Morgan fingerprint density at radius 1 is 1.38 bits per heavy atom. The number of alkyl halides is 2. The van der Waals surface area contributed by atoms with E-state index in [1.165, 1.54) is 20.1 Å². The van der Waals surface area contributed by atoms with Gasteiger partial charge in [0.05, 0.1) is 7.11 Å². The van der Waals surface area contributed by atoms with Crippen LogP contribution in [0.15, 0.2) is 12.1 Å². The first kappa shape index (κ1) is 12.8. The van der Waals surface area contributed by atoms with Gasteiger partial charge in [-0.25, -0.2) is 13.2 Å². The summed E-state index contributed by atoms with van der Waals surface area (Å²) in [4.78, 5) is 0. The molecule has 1 aromatic rings. The Labute approximate surface area is 92.2 Å². The van der Waals surface area contributed by atoms with Gasteiger partial charge < -0.3 is 10.5 Å². The quantitative estimate of drug-likeness (QED) is 0.870. The molecule has 0 fully saturated rings. The largest absolute Gasteiger partial charge is 0.496 e. The lowest BCUT2D eigenvalue weighted by Gasteiger charge is -2.26. The van der Waals surface area contributed by atoms with Gasteiger partial charge in [0.25, 0.3) is 6.43 Å². The molecular formula is C11H14F3NO. The van der Waals surface area contributed by atoms with Gasteiger partial charge in [-0.3, -0.25) is 0 Å². The fraction of sp³-hybridized carbons (Fsp3) is 0.455. The van der Waals surface area contributed by atoms with Crippen molar-refractivity contribution in [2.24, 2.45) is 5.73 Å². The highest BCUT2D eigenvalue weighted by atomic mass is 19.3. The lowest BCUT2D eigenvalue weighted by Crippen LogP contribution is -2.41. The van der Waals surface area contributed by atoms with Gasteiger partial charge in [-0.15, -0.1) is 0 Å². The molecule has 90 valence electrons. The first-order valence-corrected chi connectivity index (χ1v) is 4.72. The average molecular weight is 233 g/mol. The molecule has 0 bridgehead atoms. The number of halogens is 3. The number of ether oxygens (including phenoxy) is 1. The molecular weight excluding hydrogens is 219 g/mol. The summed E-state index contributed by atoms with van der Waals surface area (Å²) in [7, 11) is 1.33. The zero-order valence-electron chi connectivity index (χ0n) is 9.35. The predicted octanol–water partition coefficient (Wildman–Crippen LogP) is 2.58. The molecule has 0 heterocycles. The van der Waals surface area contributed by atoms with Crippen molar-refractivity contribution in [3.63, 3.8) is 0 Å². The van der Waals surface area contributed by atoms with E-state index in [9.17, 15) is 13.2 Å². The summed E-state index contributed by atoms with van der Waals surface area (Å²) in [6.07, 6.45) is -2.80. The van der Waals surface area contributed by atoms with Gasteiger partial charge in [-0.2, -0.15) is 0 Å². The van der Waals surface area contributed by atoms with Crippen LogP contribution in [0.5, 0.6) is 5.75 Å². The SMILES string of the molecule is COc1cc(C)c(F)cc1C(C)(N)C(F)F. The smallest absolute Gasteiger partial charge is 0.260 e. The molecule has 0 spiro atoms. The second-order valence-electron chi connectivity index (χ2n) is 3.89. The molecule has 0 aliphatic carbocycles. The minimum absolute atomic E-state index is 0.0342. The van der Waals surface area contributed by atoms with E-state index in [4.69, 9.17) is 10.5 Å². The molecule has 1 aromatic carbocycles. The first-order valence-electron chi connectivity index (χ1n) is 4.72. The van der Waals surface area contributed by atoms with Crippen LogP contribution < -0.4 is 10.5 Å². The number of methoxy groups -OCH3 is 1. The number of rotatable bonds is 3. The van der Waals surface area contributed by atoms with E-state index in [2.05, 4.69) is 0 Å². The third-order valence-electron chi connectivity index (χ3n) is 2.51. The van der Waals surface area contributed by atoms with Crippen molar-refractivity contribution in [1.82, 2.24) is 0 Å². The molecule has 0 saturated carbocycles. The molecule has 2 N–H and O–H groups in total. The first-order chi connectivity index (χ1) is 7.30. The van der Waals surface area contributed by atoms with Crippen LogP contribution in [0.25, 0.3) is 0 Å². The van der Waals surface area contributed by atoms with Gasteiger partial charge >= 0.3 is 0 Å². The third kappa shape index (κ3) is 2.14. The van der Waals surface area contributed by atoms with E-state index >= 15 is 0 Å². The zero-order valence-corrected chi connectivity index (χ0v) is 9.35. The molecule has 1 unspecified atom stereocenters. The number of hydrogen-bond acceptors (Lipinski definition) is 2. The summed E-state index contributed by atoms with van der Waals surface area (Å²) in [5.41, 5.74) is 3.84. The number of benzene rings is 1. The van der Waals surface area contributed by atoms with Crippen molar-refractivity contribution in [2.75, 3.05) is 7.11 Å². The van der Waals surface area contributed by atoms with Crippen molar-refractivity contribution >= 4 is 0 Å². The minimum Gasteiger partial charge on any atom is -0.496 e. The van der Waals surface area contributed by atoms with E-state index < -0.39 is 17.8 Å². The van der Waals surface area contributed by atoms with Crippen LogP contribution in [0.1, 0.15) is 18.1 Å². The van der Waals surface area contributed by atoms with Crippen LogP contribution in [0.2, 0.25) is 0 Å². The summed E-state index contributed by atoms with van der Waals surface area (Å²) in [5, 5.41) is 0. The van der Waals surface area contributed by atoms with E-state index in [0.29, 0.717) is 5.56 Å². The van der Waals surface area contributed by atoms with E-state index in [-0.39, 0.29) is 11.3 Å². The van der Waals surface area contributed by atoms with Gasteiger partial charge in [0, 0.05) is 5.56 Å². The molecule has 16 heavy (non-hydrogen) atoms. The Morgan fingerprint density at radius 2 is 1.94 bits per heavy atom. The van der Waals surface area contributed by atoms with Crippen LogP contribution >= 0.6 is 0 Å². The summed E-state index contributed by atoms with van der Waals surface area (Å²) >= 11 is 0. The Morgan fingerprint density at radius 3 is 2.38 bits per heavy atom. The molecule has 5 heteroatoms. The van der Waals surface area contributed by atoms with Crippen molar-refractivity contribution in [3.05, 3.63) is 29.1 Å². The highest BCUT2D eigenvalue weighted by Crippen LogP contribution is 2.34. The topological polar surface area (TPSA) is 35.2 Å². The molecule has 0 saturated heterocycles. The molecule has 0 aromatic heterocycles. The van der Waals surface area contributed by atoms with E-state index in [1.807, 2.05) is 0 Å². The predicted molar refractivity (Wildman–Crippen MR) is 55.2 cm³/mol. The Bertz CT molecular complexity index is 391. The van der Waals surface area contributed by atoms with Crippen LogP contribution in [0.4, 0.5) is 13.2 Å². The Balaban J connectivity index is 3.37. The zero-order chi connectivity index (χ0) is 12.5. The molecule has 0 radical (unpaired) electrons. The maximum atomic E-state index is 13.3. The van der Waals surface area contributed by atoms with Gasteiger partial charge in [-0.1, -0.05) is 0 Å². The molecule has 0 aliphatic heterocycles. The summed E-state index contributed by atoms with van der Waals surface area (Å²) < 4.78 is 43.8. The second-order valence-corrected chi connectivity index (χ2v) is 3.89. The third-order valence-corrected chi connectivity index (χ3v) is 2.51. The monoisotopic (exact) mass is 233 g/mol. The van der Waals surface area contributed by atoms with Crippen molar-refractivity contribution < 1.29 is 17.9 Å². The highest BCUT2D eigenvalue weighted by Gasteiger charge is 2.35. The van der Waals surface area contributed by atoms with Crippen LogP contribution in [0.3, 0.4) is 0 Å². The lowest BCUT2D eigenvalue weighted by molar-refractivity contribution is 0.0609. The second kappa shape index (κ2) is 4.33. The minimum atomic E-state index is -2.80. The molecule has 1 atom stereocenters. The maximum Gasteiger partial charge on any atom is 0.260 e. The van der Waals surface area contributed by atoms with Gasteiger partial charge in [0.1, 0.15) is 17.1 Å².